The number of aliphatic hydroxyl groups excluding tert-OH is 1. The molecule has 0 aliphatic rings. The molecule has 0 aromatic carbocycles. The quantitative estimate of drug-likeness (QED) is 0.642. The van der Waals surface area contributed by atoms with Crippen LogP contribution in [0.1, 0.15) is 46.5 Å². The fourth-order valence-electron chi connectivity index (χ4n) is 1.27. The van der Waals surface area contributed by atoms with Crippen molar-refractivity contribution in [1.82, 2.24) is 0 Å². The Balaban J connectivity index is 3.68. The van der Waals surface area contributed by atoms with Crippen molar-refractivity contribution in [2.45, 2.75) is 58.7 Å². The molecule has 0 aromatic heterocycles. The van der Waals surface area contributed by atoms with Gasteiger partial charge in [-0.2, -0.15) is 0 Å². The highest BCUT2D eigenvalue weighted by Crippen LogP contribution is 2.11. The lowest BCUT2D eigenvalue weighted by Gasteiger charge is -2.21. The van der Waals surface area contributed by atoms with Crippen molar-refractivity contribution < 1.29 is 9.84 Å². The third-order valence-electron chi connectivity index (χ3n) is 2.07. The molecule has 0 aromatic rings. The highest BCUT2D eigenvalue weighted by molar-refractivity contribution is 4.67. The summed E-state index contributed by atoms with van der Waals surface area (Å²) in [7, 11) is 0. The number of hydrogen-bond donors (Lipinski definition) is 1. The minimum Gasteiger partial charge on any atom is -0.390 e. The highest BCUT2D eigenvalue weighted by atomic mass is 16.5. The van der Waals surface area contributed by atoms with Crippen LogP contribution in [-0.4, -0.2) is 23.9 Å². The standard InChI is InChI=1S/C10H22O2/c1-4-7-8-10(12-6-3)9(11)5-2/h9-11H,4-8H2,1-3H3. The van der Waals surface area contributed by atoms with Crippen LogP contribution in [-0.2, 0) is 4.74 Å². The molecule has 2 heteroatoms. The van der Waals surface area contributed by atoms with Crippen LogP contribution < -0.4 is 0 Å². The van der Waals surface area contributed by atoms with Crippen LogP contribution in [0.15, 0.2) is 0 Å². The van der Waals surface area contributed by atoms with Gasteiger partial charge in [0.1, 0.15) is 0 Å². The molecular weight excluding hydrogens is 152 g/mol. The smallest absolute Gasteiger partial charge is 0.0833 e. The van der Waals surface area contributed by atoms with Crippen molar-refractivity contribution in [3.8, 4) is 0 Å². The Morgan fingerprint density at radius 3 is 2.33 bits per heavy atom. The summed E-state index contributed by atoms with van der Waals surface area (Å²) in [6.45, 7) is 6.82. The predicted molar refractivity (Wildman–Crippen MR) is 51.2 cm³/mol. The molecule has 0 radical (unpaired) electrons. The van der Waals surface area contributed by atoms with Gasteiger partial charge in [0.2, 0.25) is 0 Å². The molecule has 74 valence electrons. The summed E-state index contributed by atoms with van der Waals surface area (Å²) in [4.78, 5) is 0. The Bertz CT molecular complexity index is 93.8. The summed E-state index contributed by atoms with van der Waals surface area (Å²) < 4.78 is 5.45. The number of rotatable bonds is 7. The molecule has 0 bridgehead atoms. The second kappa shape index (κ2) is 7.56. The van der Waals surface area contributed by atoms with E-state index in [0.717, 1.165) is 19.3 Å². The molecule has 0 saturated carbocycles. The topological polar surface area (TPSA) is 29.5 Å². The predicted octanol–water partition coefficient (Wildman–Crippen LogP) is 2.35. The monoisotopic (exact) mass is 174 g/mol. The molecule has 0 aliphatic carbocycles. The Hall–Kier alpha value is -0.0800. The average Bonchev–Trinajstić information content (AvgIpc) is 2.11. The maximum Gasteiger partial charge on any atom is 0.0833 e. The van der Waals surface area contributed by atoms with Crippen molar-refractivity contribution in [3.05, 3.63) is 0 Å². The van der Waals surface area contributed by atoms with Crippen molar-refractivity contribution in [3.63, 3.8) is 0 Å². The van der Waals surface area contributed by atoms with Crippen LogP contribution in [0, 0.1) is 0 Å². The summed E-state index contributed by atoms with van der Waals surface area (Å²) in [5.41, 5.74) is 0. The minimum atomic E-state index is -0.281. The van der Waals surface area contributed by atoms with Crippen molar-refractivity contribution in [1.29, 1.82) is 0 Å². The molecule has 2 unspecified atom stereocenters. The van der Waals surface area contributed by atoms with Gasteiger partial charge in [0.15, 0.2) is 0 Å². The molecule has 0 amide bonds. The van der Waals surface area contributed by atoms with E-state index in [1.54, 1.807) is 0 Å². The third kappa shape index (κ3) is 4.73. The second-order valence-corrected chi connectivity index (χ2v) is 3.11. The van der Waals surface area contributed by atoms with Crippen molar-refractivity contribution in [2.24, 2.45) is 0 Å². The average molecular weight is 174 g/mol. The summed E-state index contributed by atoms with van der Waals surface area (Å²) in [6, 6.07) is 0. The van der Waals surface area contributed by atoms with E-state index >= 15 is 0 Å². The van der Waals surface area contributed by atoms with Crippen molar-refractivity contribution in [2.75, 3.05) is 6.61 Å². The summed E-state index contributed by atoms with van der Waals surface area (Å²) in [5, 5.41) is 9.55. The van der Waals surface area contributed by atoms with Gasteiger partial charge >= 0.3 is 0 Å². The van der Waals surface area contributed by atoms with Gasteiger partial charge in [0, 0.05) is 6.61 Å². The molecule has 0 rings (SSSR count). The van der Waals surface area contributed by atoms with Crippen LogP contribution in [0.25, 0.3) is 0 Å². The van der Waals surface area contributed by atoms with E-state index in [-0.39, 0.29) is 12.2 Å². The van der Waals surface area contributed by atoms with E-state index in [1.807, 2.05) is 13.8 Å². The van der Waals surface area contributed by atoms with Crippen LogP contribution >= 0.6 is 0 Å². The lowest BCUT2D eigenvalue weighted by molar-refractivity contribution is -0.0386. The third-order valence-corrected chi connectivity index (χ3v) is 2.07. The molecule has 0 saturated heterocycles. The van der Waals surface area contributed by atoms with Gasteiger partial charge in [-0.25, -0.2) is 0 Å². The van der Waals surface area contributed by atoms with Gasteiger partial charge in [-0.3, -0.25) is 0 Å². The molecule has 12 heavy (non-hydrogen) atoms. The zero-order valence-electron chi connectivity index (χ0n) is 8.55. The largest absolute Gasteiger partial charge is 0.390 e. The van der Waals surface area contributed by atoms with Gasteiger partial charge < -0.3 is 9.84 Å². The van der Waals surface area contributed by atoms with E-state index in [9.17, 15) is 5.11 Å². The number of unbranched alkanes of at least 4 members (excludes halogenated alkanes) is 1. The van der Waals surface area contributed by atoms with Gasteiger partial charge in [-0.1, -0.05) is 26.7 Å². The van der Waals surface area contributed by atoms with Gasteiger partial charge in [-0.15, -0.1) is 0 Å². The van der Waals surface area contributed by atoms with E-state index in [2.05, 4.69) is 6.92 Å². The lowest BCUT2D eigenvalue weighted by Crippen LogP contribution is -2.28. The first-order valence-electron chi connectivity index (χ1n) is 5.05. The Labute approximate surface area is 75.9 Å². The molecule has 0 heterocycles. The van der Waals surface area contributed by atoms with E-state index in [4.69, 9.17) is 4.74 Å². The fraction of sp³-hybridized carbons (Fsp3) is 1.00. The normalized spacial score (nSPS) is 16.0. The Kier molecular flexibility index (Phi) is 7.51. The Morgan fingerprint density at radius 2 is 1.92 bits per heavy atom. The highest BCUT2D eigenvalue weighted by Gasteiger charge is 2.16. The van der Waals surface area contributed by atoms with Crippen LogP contribution in [0.3, 0.4) is 0 Å². The molecule has 2 nitrogen and oxygen atoms in total. The number of aliphatic hydroxyl groups is 1. The van der Waals surface area contributed by atoms with Gasteiger partial charge in [0.05, 0.1) is 12.2 Å². The molecule has 0 fully saturated rings. The number of hydrogen-bond acceptors (Lipinski definition) is 2. The van der Waals surface area contributed by atoms with E-state index in [1.165, 1.54) is 6.42 Å². The lowest BCUT2D eigenvalue weighted by atomic mass is 10.1. The molecular formula is C10H22O2. The zero-order valence-corrected chi connectivity index (χ0v) is 8.55. The maximum atomic E-state index is 9.55. The molecule has 2 atom stereocenters. The van der Waals surface area contributed by atoms with Crippen LogP contribution in [0.5, 0.6) is 0 Å². The SMILES string of the molecule is CCCCC(OCC)C(O)CC. The summed E-state index contributed by atoms with van der Waals surface area (Å²) >= 11 is 0. The first-order valence-corrected chi connectivity index (χ1v) is 5.05. The molecule has 0 spiro atoms. The first kappa shape index (κ1) is 11.9. The van der Waals surface area contributed by atoms with E-state index in [0.29, 0.717) is 6.61 Å². The maximum absolute atomic E-state index is 9.55. The minimum absolute atomic E-state index is 0.0555. The van der Waals surface area contributed by atoms with Gasteiger partial charge in [0.25, 0.3) is 0 Å². The van der Waals surface area contributed by atoms with E-state index < -0.39 is 0 Å². The number of ether oxygens (including phenoxy) is 1. The second-order valence-electron chi connectivity index (χ2n) is 3.11. The van der Waals surface area contributed by atoms with Gasteiger partial charge in [-0.05, 0) is 19.8 Å². The summed E-state index contributed by atoms with van der Waals surface area (Å²) in [6.07, 6.45) is 3.85. The zero-order chi connectivity index (χ0) is 9.40. The molecule has 1 N–H and O–H groups in total. The molecule has 0 aliphatic heterocycles. The van der Waals surface area contributed by atoms with Crippen LogP contribution in [0.4, 0.5) is 0 Å². The first-order chi connectivity index (χ1) is 5.76. The fourth-order valence-corrected chi connectivity index (χ4v) is 1.27. The van der Waals surface area contributed by atoms with Crippen LogP contribution in [0.2, 0.25) is 0 Å². The Morgan fingerprint density at radius 1 is 1.25 bits per heavy atom. The van der Waals surface area contributed by atoms with Crippen molar-refractivity contribution >= 4 is 0 Å². The summed E-state index contributed by atoms with van der Waals surface area (Å²) in [5.74, 6) is 0.